The van der Waals surface area contributed by atoms with Crippen molar-refractivity contribution in [1.29, 1.82) is 5.26 Å². The fraction of sp³-hybridized carbons (Fsp3) is 0.250. The number of rotatable bonds is 4. The van der Waals surface area contributed by atoms with Crippen molar-refractivity contribution in [2.24, 2.45) is 0 Å². The lowest BCUT2D eigenvalue weighted by atomic mass is 10.2. The lowest BCUT2D eigenvalue weighted by Gasteiger charge is -2.13. The number of nitrogens with zero attached hydrogens (tertiary/aromatic N) is 1. The second kappa shape index (κ2) is 6.35. The Morgan fingerprint density at radius 1 is 1.53 bits per heavy atom. The number of benzene rings is 1. The number of urea groups is 1. The Morgan fingerprint density at radius 2 is 2.21 bits per heavy atom. The van der Waals surface area contributed by atoms with Crippen molar-refractivity contribution < 1.29 is 19.1 Å². The molecule has 6 nitrogen and oxygen atoms in total. The van der Waals surface area contributed by atoms with Crippen molar-refractivity contribution in [2.45, 2.75) is 19.4 Å². The zero-order chi connectivity index (χ0) is 14.4. The molecular weight excluding hydrogens is 253 g/mol. The van der Waals surface area contributed by atoms with E-state index in [1.807, 2.05) is 0 Å². The lowest BCUT2D eigenvalue weighted by Crippen LogP contribution is -2.42. The van der Waals surface area contributed by atoms with Crippen molar-refractivity contribution in [2.75, 3.05) is 5.32 Å². The molecule has 1 aromatic carbocycles. The highest BCUT2D eigenvalue weighted by Gasteiger charge is 2.18. The van der Waals surface area contributed by atoms with Gasteiger partial charge >= 0.3 is 12.0 Å². The van der Waals surface area contributed by atoms with Crippen LogP contribution < -0.4 is 10.6 Å². The maximum atomic E-state index is 13.3. The van der Waals surface area contributed by atoms with Crippen molar-refractivity contribution in [3.63, 3.8) is 0 Å². The number of carbonyl (C=O) groups is 2. The van der Waals surface area contributed by atoms with E-state index >= 15 is 0 Å². The molecule has 0 fully saturated rings. The molecule has 0 aliphatic carbocycles. The summed E-state index contributed by atoms with van der Waals surface area (Å²) in [6, 6.07) is 3.55. The summed E-state index contributed by atoms with van der Waals surface area (Å²) < 4.78 is 13.3. The minimum Gasteiger partial charge on any atom is -0.480 e. The quantitative estimate of drug-likeness (QED) is 0.770. The highest BCUT2D eigenvalue weighted by Crippen LogP contribution is 2.17. The van der Waals surface area contributed by atoms with E-state index in [1.54, 1.807) is 13.0 Å². The highest BCUT2D eigenvalue weighted by atomic mass is 19.1. The topological polar surface area (TPSA) is 102 Å². The number of amides is 2. The molecule has 19 heavy (non-hydrogen) atoms. The summed E-state index contributed by atoms with van der Waals surface area (Å²) in [5, 5.41) is 22.0. The number of carboxylic acids is 1. The van der Waals surface area contributed by atoms with Crippen LogP contribution in [0.25, 0.3) is 0 Å². The maximum Gasteiger partial charge on any atom is 0.326 e. The monoisotopic (exact) mass is 265 g/mol. The molecule has 0 heterocycles. The molecule has 100 valence electrons. The fourth-order valence-corrected chi connectivity index (χ4v) is 1.40. The van der Waals surface area contributed by atoms with Gasteiger partial charge in [-0.05, 0) is 18.6 Å². The van der Waals surface area contributed by atoms with Crippen LogP contribution in [0.2, 0.25) is 0 Å². The van der Waals surface area contributed by atoms with Gasteiger partial charge in [-0.25, -0.2) is 14.0 Å². The smallest absolute Gasteiger partial charge is 0.326 e. The van der Waals surface area contributed by atoms with E-state index in [1.165, 1.54) is 12.1 Å². The first kappa shape index (κ1) is 14.4. The number of carbonyl (C=O) groups excluding carboxylic acids is 1. The predicted octanol–water partition coefficient (Wildman–Crippen LogP) is 1.68. The summed E-state index contributed by atoms with van der Waals surface area (Å²) in [7, 11) is 0. The first-order chi connectivity index (χ1) is 8.99. The Morgan fingerprint density at radius 3 is 2.74 bits per heavy atom. The van der Waals surface area contributed by atoms with Crippen LogP contribution in [-0.4, -0.2) is 23.1 Å². The first-order valence-corrected chi connectivity index (χ1v) is 5.48. The van der Waals surface area contributed by atoms with Crippen LogP contribution in [0.5, 0.6) is 0 Å². The summed E-state index contributed by atoms with van der Waals surface area (Å²) in [5.74, 6) is -1.93. The summed E-state index contributed by atoms with van der Waals surface area (Å²) in [6.07, 6.45) is 0.205. The lowest BCUT2D eigenvalue weighted by molar-refractivity contribution is -0.139. The van der Waals surface area contributed by atoms with Crippen molar-refractivity contribution in [1.82, 2.24) is 5.32 Å². The normalized spacial score (nSPS) is 11.2. The third kappa shape index (κ3) is 3.67. The van der Waals surface area contributed by atoms with Gasteiger partial charge in [0.2, 0.25) is 0 Å². The Kier molecular flexibility index (Phi) is 4.83. The molecule has 1 aromatic rings. The number of halogens is 1. The molecule has 0 aliphatic rings. The van der Waals surface area contributed by atoms with Gasteiger partial charge in [0.25, 0.3) is 0 Å². The van der Waals surface area contributed by atoms with E-state index in [-0.39, 0.29) is 17.7 Å². The molecule has 2 amide bonds. The molecule has 1 atom stereocenters. The van der Waals surface area contributed by atoms with Gasteiger partial charge in [-0.1, -0.05) is 13.0 Å². The van der Waals surface area contributed by atoms with E-state index in [9.17, 15) is 14.0 Å². The molecule has 0 saturated carbocycles. The molecule has 0 aromatic heterocycles. The van der Waals surface area contributed by atoms with Crippen LogP contribution in [0.15, 0.2) is 18.2 Å². The van der Waals surface area contributed by atoms with Crippen molar-refractivity contribution in [3.05, 3.63) is 29.6 Å². The number of carboxylic acid groups (broad SMARTS) is 1. The van der Waals surface area contributed by atoms with Gasteiger partial charge < -0.3 is 15.7 Å². The molecule has 3 N–H and O–H groups in total. The minimum absolute atomic E-state index is 0.0137. The Hall–Kier alpha value is -2.62. The summed E-state index contributed by atoms with van der Waals surface area (Å²) in [5.41, 5.74) is -0.318. The number of nitrogens with one attached hydrogen (secondary N) is 2. The minimum atomic E-state index is -1.17. The first-order valence-electron chi connectivity index (χ1n) is 5.48. The predicted molar refractivity (Wildman–Crippen MR) is 65.0 cm³/mol. The molecule has 7 heteroatoms. The molecule has 0 spiro atoms. The molecule has 0 radical (unpaired) electrons. The third-order valence-electron chi connectivity index (χ3n) is 2.39. The number of nitriles is 1. The van der Waals surface area contributed by atoms with Crippen LogP contribution in [0.3, 0.4) is 0 Å². The Balaban J connectivity index is 2.81. The molecule has 1 rings (SSSR count). The van der Waals surface area contributed by atoms with Crippen LogP contribution in [0.1, 0.15) is 18.9 Å². The number of hydrogen-bond acceptors (Lipinski definition) is 3. The largest absolute Gasteiger partial charge is 0.480 e. The van der Waals surface area contributed by atoms with Gasteiger partial charge in [0.15, 0.2) is 0 Å². The van der Waals surface area contributed by atoms with E-state index in [0.29, 0.717) is 0 Å². The van der Waals surface area contributed by atoms with E-state index in [2.05, 4.69) is 10.6 Å². The summed E-state index contributed by atoms with van der Waals surface area (Å²) >= 11 is 0. The summed E-state index contributed by atoms with van der Waals surface area (Å²) in [6.45, 7) is 1.60. The van der Waals surface area contributed by atoms with Crippen molar-refractivity contribution >= 4 is 17.7 Å². The highest BCUT2D eigenvalue weighted by molar-refractivity contribution is 5.93. The second-order valence-corrected chi connectivity index (χ2v) is 3.67. The fourth-order valence-electron chi connectivity index (χ4n) is 1.40. The van der Waals surface area contributed by atoms with E-state index < -0.39 is 23.9 Å². The molecule has 0 bridgehead atoms. The van der Waals surface area contributed by atoms with Crippen LogP contribution >= 0.6 is 0 Å². The Bertz CT molecular complexity index is 540. The SMILES string of the molecule is CCC(NC(=O)Nc1cccc(F)c1C#N)C(=O)O. The molecule has 0 aliphatic heterocycles. The average molecular weight is 265 g/mol. The van der Waals surface area contributed by atoms with Gasteiger partial charge in [0.1, 0.15) is 23.5 Å². The third-order valence-corrected chi connectivity index (χ3v) is 2.39. The number of aliphatic carboxylic acids is 1. The average Bonchev–Trinajstić information content (AvgIpc) is 2.36. The van der Waals surface area contributed by atoms with Gasteiger partial charge in [-0.15, -0.1) is 0 Å². The standard InChI is InChI=1S/C12H12FN3O3/c1-2-9(11(17)18)15-12(19)16-10-5-3-4-8(13)7(10)6-14/h3-5,9H,2H2,1H3,(H,17,18)(H2,15,16,19). The van der Waals surface area contributed by atoms with E-state index in [0.717, 1.165) is 6.07 Å². The molecule has 1 unspecified atom stereocenters. The van der Waals surface area contributed by atoms with Crippen molar-refractivity contribution in [3.8, 4) is 6.07 Å². The second-order valence-electron chi connectivity index (χ2n) is 3.67. The van der Waals surface area contributed by atoms with Gasteiger partial charge in [0.05, 0.1) is 5.69 Å². The number of anilines is 1. The zero-order valence-corrected chi connectivity index (χ0v) is 10.1. The molecular formula is C12H12FN3O3. The van der Waals surface area contributed by atoms with E-state index in [4.69, 9.17) is 10.4 Å². The van der Waals surface area contributed by atoms with Crippen LogP contribution in [-0.2, 0) is 4.79 Å². The van der Waals surface area contributed by atoms with Gasteiger partial charge in [-0.3, -0.25) is 0 Å². The van der Waals surface area contributed by atoms with Crippen LogP contribution in [0, 0.1) is 17.1 Å². The Labute approximate surface area is 108 Å². The van der Waals surface area contributed by atoms with Crippen LogP contribution in [0.4, 0.5) is 14.9 Å². The maximum absolute atomic E-state index is 13.3. The number of hydrogen-bond donors (Lipinski definition) is 3. The van der Waals surface area contributed by atoms with Gasteiger partial charge in [0, 0.05) is 0 Å². The summed E-state index contributed by atoms with van der Waals surface area (Å²) in [4.78, 5) is 22.3. The molecule has 0 saturated heterocycles. The van der Waals surface area contributed by atoms with Gasteiger partial charge in [-0.2, -0.15) is 5.26 Å². The zero-order valence-electron chi connectivity index (χ0n) is 10.1.